The summed E-state index contributed by atoms with van der Waals surface area (Å²) in [6.45, 7) is 13.1. The van der Waals surface area contributed by atoms with Gasteiger partial charge in [0.1, 0.15) is 12.3 Å². The number of nitriles is 1. The molecule has 0 spiro atoms. The second-order valence-electron chi connectivity index (χ2n) is 13.5. The molecule has 1 aromatic carbocycles. The average molecular weight is 576 g/mol. The van der Waals surface area contributed by atoms with Crippen molar-refractivity contribution in [1.82, 2.24) is 15.2 Å². The zero-order valence-corrected chi connectivity index (χ0v) is 26.5. The van der Waals surface area contributed by atoms with Crippen molar-refractivity contribution in [3.05, 3.63) is 59.9 Å². The first kappa shape index (κ1) is 33.1. The minimum Gasteiger partial charge on any atom is -0.371 e. The number of pyridine rings is 1. The van der Waals surface area contributed by atoms with Crippen molar-refractivity contribution in [2.24, 2.45) is 0 Å². The molecule has 1 amide bonds. The quantitative estimate of drug-likeness (QED) is 0.323. The fraction of sp³-hybridized carbons (Fsp3) is 0.588. The van der Waals surface area contributed by atoms with Gasteiger partial charge in [0.2, 0.25) is 5.91 Å². The first-order chi connectivity index (χ1) is 19.8. The molecule has 3 atom stereocenters. The number of carbonyl (C=O) groups is 2. The van der Waals surface area contributed by atoms with Gasteiger partial charge in [-0.05, 0) is 62.8 Å². The van der Waals surface area contributed by atoms with E-state index in [1.807, 2.05) is 46.1 Å². The van der Waals surface area contributed by atoms with Crippen LogP contribution in [0.4, 0.5) is 5.69 Å². The number of likely N-dealkylation sites (N-methyl/N-ethyl adjacent to an activating group) is 1. The van der Waals surface area contributed by atoms with Gasteiger partial charge in [-0.2, -0.15) is 5.26 Å². The van der Waals surface area contributed by atoms with Crippen LogP contribution in [0.5, 0.6) is 0 Å². The van der Waals surface area contributed by atoms with Crippen LogP contribution in [0, 0.1) is 11.5 Å². The SMILES string of the molecule is CC(C)(C)OC1CC(C=O)N(C#N)C1.CN(c1ccc(C(C)(C)C)cc1)C(C(=O)NC1CCCCC1)c1cccnc1. The molecule has 2 heterocycles. The zero-order chi connectivity index (χ0) is 30.9. The van der Waals surface area contributed by atoms with Gasteiger partial charge in [-0.25, -0.2) is 0 Å². The van der Waals surface area contributed by atoms with E-state index in [-0.39, 0.29) is 35.1 Å². The van der Waals surface area contributed by atoms with Crippen LogP contribution in [0.15, 0.2) is 48.8 Å². The highest BCUT2D eigenvalue weighted by Gasteiger charge is 2.34. The molecule has 1 saturated carbocycles. The number of carbonyl (C=O) groups excluding carboxylic acids is 2. The van der Waals surface area contributed by atoms with E-state index in [4.69, 9.17) is 10.00 Å². The zero-order valence-electron chi connectivity index (χ0n) is 26.5. The van der Waals surface area contributed by atoms with Gasteiger partial charge in [-0.3, -0.25) is 14.7 Å². The third-order valence-corrected chi connectivity index (χ3v) is 7.84. The Bertz CT molecular complexity index is 1170. The predicted molar refractivity (Wildman–Crippen MR) is 167 cm³/mol. The maximum Gasteiger partial charge on any atom is 0.247 e. The van der Waals surface area contributed by atoms with Crippen molar-refractivity contribution in [3.63, 3.8) is 0 Å². The van der Waals surface area contributed by atoms with E-state index in [1.165, 1.54) is 29.7 Å². The molecule has 4 rings (SSSR count). The molecule has 8 nitrogen and oxygen atoms in total. The van der Waals surface area contributed by atoms with Crippen molar-refractivity contribution in [2.45, 2.75) is 115 Å². The highest BCUT2D eigenvalue weighted by molar-refractivity contribution is 5.86. The fourth-order valence-corrected chi connectivity index (χ4v) is 5.62. The van der Waals surface area contributed by atoms with E-state index in [0.29, 0.717) is 13.0 Å². The predicted octanol–water partition coefficient (Wildman–Crippen LogP) is 5.93. The summed E-state index contributed by atoms with van der Waals surface area (Å²) in [5, 5.41) is 12.0. The Kier molecular flexibility index (Phi) is 11.5. The molecular formula is C34H49N5O3. The summed E-state index contributed by atoms with van der Waals surface area (Å²) in [7, 11) is 1.99. The lowest BCUT2D eigenvalue weighted by Crippen LogP contribution is -2.44. The van der Waals surface area contributed by atoms with Crippen LogP contribution in [0.2, 0.25) is 0 Å². The smallest absolute Gasteiger partial charge is 0.247 e. The number of ether oxygens (including phenoxy) is 1. The molecule has 0 radical (unpaired) electrons. The number of likely N-dealkylation sites (tertiary alicyclic amines) is 1. The molecule has 42 heavy (non-hydrogen) atoms. The van der Waals surface area contributed by atoms with Gasteiger partial charge in [-0.15, -0.1) is 0 Å². The second kappa shape index (κ2) is 14.6. The number of nitrogens with one attached hydrogen (secondary N) is 1. The number of anilines is 1. The van der Waals surface area contributed by atoms with Crippen LogP contribution in [-0.4, -0.2) is 59.5 Å². The topological polar surface area (TPSA) is 98.6 Å². The number of benzene rings is 1. The van der Waals surface area contributed by atoms with Crippen LogP contribution in [-0.2, 0) is 19.7 Å². The van der Waals surface area contributed by atoms with Crippen LogP contribution < -0.4 is 10.2 Å². The van der Waals surface area contributed by atoms with Gasteiger partial charge in [0.25, 0.3) is 0 Å². The van der Waals surface area contributed by atoms with Crippen molar-refractivity contribution in [3.8, 4) is 6.19 Å². The molecule has 8 heteroatoms. The van der Waals surface area contributed by atoms with E-state index in [0.717, 1.165) is 30.4 Å². The minimum absolute atomic E-state index is 0.00940. The highest BCUT2D eigenvalue weighted by atomic mass is 16.5. The third-order valence-electron chi connectivity index (χ3n) is 7.84. The van der Waals surface area contributed by atoms with Crippen molar-refractivity contribution in [1.29, 1.82) is 5.26 Å². The molecule has 3 unspecified atom stereocenters. The number of amides is 1. The third kappa shape index (κ3) is 9.55. The van der Waals surface area contributed by atoms with Crippen molar-refractivity contribution >= 4 is 17.9 Å². The Labute approximate surface area is 252 Å². The van der Waals surface area contributed by atoms with Gasteiger partial charge in [0.15, 0.2) is 6.19 Å². The highest BCUT2D eigenvalue weighted by Crippen LogP contribution is 2.30. The monoisotopic (exact) mass is 575 g/mol. The Morgan fingerprint density at radius 3 is 2.29 bits per heavy atom. The summed E-state index contributed by atoms with van der Waals surface area (Å²) in [6.07, 6.45) is 12.8. The number of hydrogen-bond acceptors (Lipinski definition) is 7. The summed E-state index contributed by atoms with van der Waals surface area (Å²) >= 11 is 0. The van der Waals surface area contributed by atoms with Gasteiger partial charge in [-0.1, -0.05) is 58.2 Å². The summed E-state index contributed by atoms with van der Waals surface area (Å²) < 4.78 is 5.71. The van der Waals surface area contributed by atoms with Gasteiger partial charge < -0.3 is 19.7 Å². The molecule has 228 valence electrons. The molecule has 1 aliphatic heterocycles. The second-order valence-corrected chi connectivity index (χ2v) is 13.5. The molecule has 1 saturated heterocycles. The number of aromatic nitrogens is 1. The standard InChI is InChI=1S/C24H33N3O.C10H16N2O2/c1-24(2,3)19-12-14-21(15-13-19)27(4)22(18-9-8-16-25-17-18)23(28)26-20-10-6-5-7-11-20;1-10(2,3)14-9-4-8(6-13)12(5-9)7-11/h8-9,12-17,20,22H,5-7,10-11H2,1-4H3,(H,26,28);6,8-9H,4-5H2,1-3H3. The average Bonchev–Trinajstić information content (AvgIpc) is 3.34. The molecule has 0 bridgehead atoms. The molecule has 2 aliphatic rings. The molecular weight excluding hydrogens is 526 g/mol. The number of hydrogen-bond donors (Lipinski definition) is 1. The summed E-state index contributed by atoms with van der Waals surface area (Å²) in [4.78, 5) is 31.7. The lowest BCUT2D eigenvalue weighted by Gasteiger charge is -2.32. The van der Waals surface area contributed by atoms with Crippen LogP contribution in [0.3, 0.4) is 0 Å². The Morgan fingerprint density at radius 2 is 1.79 bits per heavy atom. The van der Waals surface area contributed by atoms with E-state index in [2.05, 4.69) is 60.2 Å². The van der Waals surface area contributed by atoms with Crippen LogP contribution in [0.1, 0.15) is 97.2 Å². The molecule has 2 aromatic rings. The molecule has 1 N–H and O–H groups in total. The maximum atomic E-state index is 13.3. The summed E-state index contributed by atoms with van der Waals surface area (Å²) in [6, 6.07) is 12.0. The van der Waals surface area contributed by atoms with Crippen LogP contribution in [0.25, 0.3) is 0 Å². The van der Waals surface area contributed by atoms with E-state index in [9.17, 15) is 9.59 Å². The van der Waals surface area contributed by atoms with Crippen molar-refractivity contribution in [2.75, 3.05) is 18.5 Å². The van der Waals surface area contributed by atoms with Crippen LogP contribution >= 0.6 is 0 Å². The first-order valence-electron chi connectivity index (χ1n) is 15.2. The van der Waals surface area contributed by atoms with Gasteiger partial charge in [0.05, 0.1) is 24.3 Å². The summed E-state index contributed by atoms with van der Waals surface area (Å²) in [5.41, 5.74) is 3.12. The van der Waals surface area contributed by atoms with E-state index in [1.54, 1.807) is 12.4 Å². The lowest BCUT2D eigenvalue weighted by atomic mass is 9.87. The molecule has 2 fully saturated rings. The fourth-order valence-electron chi connectivity index (χ4n) is 5.62. The normalized spacial score (nSPS) is 20.1. The Hall–Kier alpha value is -3.44. The lowest BCUT2D eigenvalue weighted by molar-refractivity contribution is -0.123. The van der Waals surface area contributed by atoms with E-state index >= 15 is 0 Å². The largest absolute Gasteiger partial charge is 0.371 e. The molecule has 1 aliphatic carbocycles. The number of aldehydes is 1. The van der Waals surface area contributed by atoms with Crippen molar-refractivity contribution < 1.29 is 14.3 Å². The number of nitrogens with zero attached hydrogens (tertiary/aromatic N) is 4. The summed E-state index contributed by atoms with van der Waals surface area (Å²) in [5.74, 6) is 0.0577. The van der Waals surface area contributed by atoms with Gasteiger partial charge in [0, 0.05) is 43.2 Å². The number of rotatable bonds is 7. The minimum atomic E-state index is -0.392. The Balaban J connectivity index is 0.000000291. The van der Waals surface area contributed by atoms with Gasteiger partial charge >= 0.3 is 0 Å². The Morgan fingerprint density at radius 1 is 1.12 bits per heavy atom. The molecule has 1 aromatic heterocycles. The maximum absolute atomic E-state index is 13.3. The first-order valence-corrected chi connectivity index (χ1v) is 15.2. The van der Waals surface area contributed by atoms with E-state index < -0.39 is 6.04 Å².